The highest BCUT2D eigenvalue weighted by molar-refractivity contribution is 6.30. The van der Waals surface area contributed by atoms with E-state index in [0.29, 0.717) is 12.1 Å². The Labute approximate surface area is 121 Å². The number of benzene rings is 1. The van der Waals surface area contributed by atoms with E-state index in [2.05, 4.69) is 24.4 Å². The number of hydrogen-bond acceptors (Lipinski definition) is 2. The van der Waals surface area contributed by atoms with Crippen molar-refractivity contribution in [2.75, 3.05) is 13.7 Å². The smallest absolute Gasteiger partial charge is 0.0576 e. The van der Waals surface area contributed by atoms with E-state index in [1.807, 2.05) is 13.1 Å². The first-order valence-corrected chi connectivity index (χ1v) is 7.63. The molecule has 1 aromatic rings. The molecule has 19 heavy (non-hydrogen) atoms. The summed E-state index contributed by atoms with van der Waals surface area (Å²) < 4.78 is 5.68. The van der Waals surface area contributed by atoms with Gasteiger partial charge in [-0.05, 0) is 69.3 Å². The van der Waals surface area contributed by atoms with Gasteiger partial charge in [0.1, 0.15) is 0 Å². The average Bonchev–Trinajstić information content (AvgIpc) is 2.91. The quantitative estimate of drug-likeness (QED) is 0.841. The predicted molar refractivity (Wildman–Crippen MR) is 80.8 cm³/mol. The SMILES string of the molecule is CNC(CCCC1CCCO1)c1cc(Cl)ccc1C. The molecule has 2 atom stereocenters. The van der Waals surface area contributed by atoms with Crippen LogP contribution >= 0.6 is 11.6 Å². The minimum atomic E-state index is 0.389. The van der Waals surface area contributed by atoms with E-state index in [1.54, 1.807) is 0 Å². The molecule has 0 saturated carbocycles. The van der Waals surface area contributed by atoms with Gasteiger partial charge in [0, 0.05) is 17.7 Å². The monoisotopic (exact) mass is 281 g/mol. The maximum Gasteiger partial charge on any atom is 0.0576 e. The molecule has 1 heterocycles. The third kappa shape index (κ3) is 4.20. The Balaban J connectivity index is 1.89. The molecule has 2 unspecified atom stereocenters. The summed E-state index contributed by atoms with van der Waals surface area (Å²) in [4.78, 5) is 0. The van der Waals surface area contributed by atoms with Crippen molar-refractivity contribution in [1.82, 2.24) is 5.32 Å². The van der Waals surface area contributed by atoms with Gasteiger partial charge in [0.05, 0.1) is 6.10 Å². The first-order valence-electron chi connectivity index (χ1n) is 7.25. The molecular formula is C16H24ClNO. The fourth-order valence-electron chi connectivity index (χ4n) is 2.86. The number of rotatable bonds is 6. The van der Waals surface area contributed by atoms with Gasteiger partial charge in [-0.2, -0.15) is 0 Å². The standard InChI is InChI=1S/C16H24ClNO/c1-12-8-9-13(17)11-15(12)16(18-2)7-3-5-14-6-4-10-19-14/h8-9,11,14,16,18H,3-7,10H2,1-2H3. The van der Waals surface area contributed by atoms with E-state index in [9.17, 15) is 0 Å². The second-order valence-electron chi connectivity index (χ2n) is 5.41. The zero-order chi connectivity index (χ0) is 13.7. The Bertz CT molecular complexity index is 402. The van der Waals surface area contributed by atoms with Crippen LogP contribution in [0.25, 0.3) is 0 Å². The van der Waals surface area contributed by atoms with Crippen LogP contribution in [0, 0.1) is 6.92 Å². The summed E-state index contributed by atoms with van der Waals surface area (Å²) in [5, 5.41) is 4.23. The van der Waals surface area contributed by atoms with E-state index in [0.717, 1.165) is 18.1 Å². The Morgan fingerprint density at radius 1 is 1.47 bits per heavy atom. The molecule has 3 heteroatoms. The van der Waals surface area contributed by atoms with Crippen LogP contribution in [-0.2, 0) is 4.74 Å². The molecule has 1 N–H and O–H groups in total. The van der Waals surface area contributed by atoms with Gasteiger partial charge in [-0.25, -0.2) is 0 Å². The summed E-state index contributed by atoms with van der Waals surface area (Å²) >= 11 is 6.11. The van der Waals surface area contributed by atoms with Gasteiger partial charge in [0.25, 0.3) is 0 Å². The molecule has 1 aliphatic rings. The van der Waals surface area contributed by atoms with Crippen LogP contribution in [0.3, 0.4) is 0 Å². The largest absolute Gasteiger partial charge is 0.378 e. The van der Waals surface area contributed by atoms with Crippen molar-refractivity contribution < 1.29 is 4.74 Å². The third-order valence-corrected chi connectivity index (χ3v) is 4.24. The highest BCUT2D eigenvalue weighted by atomic mass is 35.5. The number of hydrogen-bond donors (Lipinski definition) is 1. The Morgan fingerprint density at radius 2 is 2.32 bits per heavy atom. The molecule has 0 spiro atoms. The van der Waals surface area contributed by atoms with Gasteiger partial charge >= 0.3 is 0 Å². The summed E-state index contributed by atoms with van der Waals surface area (Å²) in [6.45, 7) is 3.10. The lowest BCUT2D eigenvalue weighted by molar-refractivity contribution is 0.101. The van der Waals surface area contributed by atoms with E-state index in [1.165, 1.54) is 36.8 Å². The van der Waals surface area contributed by atoms with Gasteiger partial charge in [-0.15, -0.1) is 0 Å². The predicted octanol–water partition coefficient (Wildman–Crippen LogP) is 4.26. The Hall–Kier alpha value is -0.570. The number of aryl methyl sites for hydroxylation is 1. The van der Waals surface area contributed by atoms with Crippen LogP contribution in [0.4, 0.5) is 0 Å². The molecule has 0 radical (unpaired) electrons. The van der Waals surface area contributed by atoms with Crippen molar-refractivity contribution in [2.45, 2.75) is 51.2 Å². The Kier molecular flexibility index (Phi) is 5.68. The van der Waals surface area contributed by atoms with E-state index >= 15 is 0 Å². The van der Waals surface area contributed by atoms with Crippen molar-refractivity contribution >= 4 is 11.6 Å². The maximum atomic E-state index is 6.11. The number of halogens is 1. The van der Waals surface area contributed by atoms with Gasteiger partial charge in [-0.1, -0.05) is 17.7 Å². The molecule has 1 aromatic carbocycles. The van der Waals surface area contributed by atoms with E-state index in [-0.39, 0.29) is 0 Å². The van der Waals surface area contributed by atoms with Crippen LogP contribution in [0.2, 0.25) is 5.02 Å². The van der Waals surface area contributed by atoms with Gasteiger partial charge < -0.3 is 10.1 Å². The van der Waals surface area contributed by atoms with Crippen LogP contribution in [0.5, 0.6) is 0 Å². The highest BCUT2D eigenvalue weighted by Crippen LogP contribution is 2.27. The van der Waals surface area contributed by atoms with Crippen molar-refractivity contribution in [3.63, 3.8) is 0 Å². The average molecular weight is 282 g/mol. The van der Waals surface area contributed by atoms with Crippen LogP contribution in [0.1, 0.15) is 49.3 Å². The van der Waals surface area contributed by atoms with Crippen LogP contribution in [-0.4, -0.2) is 19.8 Å². The van der Waals surface area contributed by atoms with Crippen molar-refractivity contribution in [2.24, 2.45) is 0 Å². The van der Waals surface area contributed by atoms with Gasteiger partial charge in [0.15, 0.2) is 0 Å². The topological polar surface area (TPSA) is 21.3 Å². The lowest BCUT2D eigenvalue weighted by atomic mass is 9.96. The molecule has 1 aliphatic heterocycles. The molecule has 1 fully saturated rings. The van der Waals surface area contributed by atoms with Crippen LogP contribution in [0.15, 0.2) is 18.2 Å². The molecule has 2 rings (SSSR count). The summed E-state index contributed by atoms with van der Waals surface area (Å²) in [7, 11) is 2.02. The summed E-state index contributed by atoms with van der Waals surface area (Å²) in [6.07, 6.45) is 6.48. The fraction of sp³-hybridized carbons (Fsp3) is 0.625. The van der Waals surface area contributed by atoms with E-state index < -0.39 is 0 Å². The normalized spacial score (nSPS) is 20.7. The zero-order valence-corrected chi connectivity index (χ0v) is 12.7. The molecule has 0 aliphatic carbocycles. The molecule has 0 amide bonds. The minimum Gasteiger partial charge on any atom is -0.378 e. The fourth-order valence-corrected chi connectivity index (χ4v) is 3.04. The summed E-state index contributed by atoms with van der Waals surface area (Å²) in [6, 6.07) is 6.53. The van der Waals surface area contributed by atoms with Crippen molar-refractivity contribution in [3.05, 3.63) is 34.3 Å². The lowest BCUT2D eigenvalue weighted by Gasteiger charge is -2.20. The Morgan fingerprint density at radius 3 is 3.00 bits per heavy atom. The first kappa shape index (κ1) is 14.8. The van der Waals surface area contributed by atoms with E-state index in [4.69, 9.17) is 16.3 Å². The van der Waals surface area contributed by atoms with Gasteiger partial charge in [-0.3, -0.25) is 0 Å². The molecular weight excluding hydrogens is 258 g/mol. The summed E-state index contributed by atoms with van der Waals surface area (Å²) in [5.41, 5.74) is 2.63. The highest BCUT2D eigenvalue weighted by Gasteiger charge is 2.17. The molecule has 1 saturated heterocycles. The molecule has 0 aromatic heterocycles. The minimum absolute atomic E-state index is 0.389. The van der Waals surface area contributed by atoms with Crippen molar-refractivity contribution in [1.29, 1.82) is 0 Å². The molecule has 106 valence electrons. The maximum absolute atomic E-state index is 6.11. The second-order valence-corrected chi connectivity index (χ2v) is 5.84. The summed E-state index contributed by atoms with van der Waals surface area (Å²) in [5.74, 6) is 0. The van der Waals surface area contributed by atoms with Crippen molar-refractivity contribution in [3.8, 4) is 0 Å². The number of nitrogens with one attached hydrogen (secondary N) is 1. The van der Waals surface area contributed by atoms with Gasteiger partial charge in [0.2, 0.25) is 0 Å². The number of ether oxygens (including phenoxy) is 1. The lowest BCUT2D eigenvalue weighted by Crippen LogP contribution is -2.18. The van der Waals surface area contributed by atoms with Crippen LogP contribution < -0.4 is 5.32 Å². The zero-order valence-electron chi connectivity index (χ0n) is 11.9. The third-order valence-electron chi connectivity index (χ3n) is 4.01. The second kappa shape index (κ2) is 7.28. The first-order chi connectivity index (χ1) is 9.20. The molecule has 2 nitrogen and oxygen atoms in total. The molecule has 0 bridgehead atoms.